The maximum atomic E-state index is 13.1. The molecule has 4 heterocycles. The molecule has 2 aromatic carbocycles. The van der Waals surface area contributed by atoms with Gasteiger partial charge in [-0.1, -0.05) is 18.2 Å². The van der Waals surface area contributed by atoms with Gasteiger partial charge in [0.15, 0.2) is 5.65 Å². The lowest BCUT2D eigenvalue weighted by atomic mass is 10.0. The molecule has 0 unspecified atom stereocenters. The molecule has 4 aromatic rings. The molecule has 0 spiro atoms. The number of likely N-dealkylation sites (tertiary alicyclic amines) is 1. The largest absolute Gasteiger partial charge is 0.457 e. The lowest BCUT2D eigenvalue weighted by Gasteiger charge is -2.33. The Balaban J connectivity index is 1.18. The van der Waals surface area contributed by atoms with E-state index in [-0.39, 0.29) is 11.9 Å². The van der Waals surface area contributed by atoms with Crippen molar-refractivity contribution in [3.05, 3.63) is 60.9 Å². The first kappa shape index (κ1) is 26.2. The number of nitrogens with zero attached hydrogens (tertiary/aromatic N) is 6. The number of anilines is 1. The molecule has 10 heteroatoms. The average molecular weight is 541 g/mol. The highest BCUT2D eigenvalue weighted by atomic mass is 16.5. The monoisotopic (exact) mass is 540 g/mol. The van der Waals surface area contributed by atoms with Crippen LogP contribution in [0.4, 0.5) is 5.82 Å². The highest BCUT2D eigenvalue weighted by Crippen LogP contribution is 2.35. The van der Waals surface area contributed by atoms with Crippen molar-refractivity contribution in [1.29, 1.82) is 0 Å². The number of para-hydroxylation sites is 1. The Hall–Kier alpha value is -4.02. The Morgan fingerprint density at radius 2 is 1.77 bits per heavy atom. The number of benzene rings is 2. The Bertz CT molecular complexity index is 1430. The minimum Gasteiger partial charge on any atom is -0.457 e. The predicted molar refractivity (Wildman–Crippen MR) is 155 cm³/mol. The fourth-order valence-electron chi connectivity index (χ4n) is 5.69. The second-order valence-corrected chi connectivity index (χ2v) is 10.5. The third-order valence-corrected chi connectivity index (χ3v) is 7.79. The molecule has 0 aliphatic carbocycles. The number of amides is 1. The molecule has 1 atom stereocenters. The van der Waals surface area contributed by atoms with Crippen molar-refractivity contribution < 1.29 is 9.53 Å². The number of fused-ring (bicyclic) bond motifs is 1. The third-order valence-electron chi connectivity index (χ3n) is 7.79. The molecule has 208 valence electrons. The van der Waals surface area contributed by atoms with Gasteiger partial charge in [0.2, 0.25) is 5.91 Å². The summed E-state index contributed by atoms with van der Waals surface area (Å²) in [6.45, 7) is 6.56. The second-order valence-electron chi connectivity index (χ2n) is 10.5. The zero-order valence-electron chi connectivity index (χ0n) is 22.7. The maximum absolute atomic E-state index is 13.1. The number of ether oxygens (including phenoxy) is 1. The molecule has 0 saturated carbocycles. The first-order valence-electron chi connectivity index (χ1n) is 14.2. The minimum atomic E-state index is 0.0251. The summed E-state index contributed by atoms with van der Waals surface area (Å²) in [5.41, 5.74) is 8.70. The maximum Gasteiger partial charge on any atom is 0.222 e. The van der Waals surface area contributed by atoms with Gasteiger partial charge in [0, 0.05) is 51.3 Å². The van der Waals surface area contributed by atoms with E-state index in [1.54, 1.807) is 0 Å². The van der Waals surface area contributed by atoms with Crippen LogP contribution in [-0.4, -0.2) is 81.3 Å². The van der Waals surface area contributed by atoms with Crippen LogP contribution in [0, 0.1) is 0 Å². The summed E-state index contributed by atoms with van der Waals surface area (Å²) >= 11 is 0. The molecule has 2 saturated heterocycles. The fraction of sp³-hybridized carbons (Fsp3) is 0.400. The van der Waals surface area contributed by atoms with Gasteiger partial charge in [0.25, 0.3) is 0 Å². The van der Waals surface area contributed by atoms with Crippen LogP contribution in [-0.2, 0) is 4.79 Å². The van der Waals surface area contributed by atoms with Crippen molar-refractivity contribution in [2.75, 3.05) is 51.5 Å². The molecule has 6 rings (SSSR count). The number of aromatic nitrogens is 4. The summed E-state index contributed by atoms with van der Waals surface area (Å²) in [4.78, 5) is 26.4. The molecule has 2 fully saturated rings. The van der Waals surface area contributed by atoms with Gasteiger partial charge in [-0.2, -0.15) is 5.10 Å². The van der Waals surface area contributed by atoms with Crippen molar-refractivity contribution in [1.82, 2.24) is 34.9 Å². The molecule has 2 aliphatic heterocycles. The quantitative estimate of drug-likeness (QED) is 0.348. The Morgan fingerprint density at radius 3 is 2.58 bits per heavy atom. The van der Waals surface area contributed by atoms with Gasteiger partial charge in [-0.05, 0) is 62.2 Å². The SMILES string of the molecule is Nc1ncnc2c1c(-c1ccc(Oc3ccccc3)cc1)nn2[C@@H]1CCCN(C(=O)CCCN2CCNCC2)C1. The first-order chi connectivity index (χ1) is 19.7. The minimum absolute atomic E-state index is 0.0251. The van der Waals surface area contributed by atoms with Crippen LogP contribution >= 0.6 is 0 Å². The van der Waals surface area contributed by atoms with Gasteiger partial charge in [-0.15, -0.1) is 0 Å². The molecular weight excluding hydrogens is 504 g/mol. The van der Waals surface area contributed by atoms with Crippen molar-refractivity contribution >= 4 is 22.8 Å². The fourth-order valence-corrected chi connectivity index (χ4v) is 5.69. The lowest BCUT2D eigenvalue weighted by Crippen LogP contribution is -2.44. The van der Waals surface area contributed by atoms with Gasteiger partial charge in [0.05, 0.1) is 11.4 Å². The van der Waals surface area contributed by atoms with Gasteiger partial charge < -0.3 is 25.6 Å². The first-order valence-corrected chi connectivity index (χ1v) is 14.2. The third kappa shape index (κ3) is 5.78. The summed E-state index contributed by atoms with van der Waals surface area (Å²) in [5.74, 6) is 2.14. The van der Waals surface area contributed by atoms with Crippen LogP contribution in [0.3, 0.4) is 0 Å². The van der Waals surface area contributed by atoms with E-state index in [2.05, 4.69) is 20.2 Å². The Kier molecular flexibility index (Phi) is 7.87. The summed E-state index contributed by atoms with van der Waals surface area (Å²) in [7, 11) is 0. The molecule has 2 aliphatic rings. The number of nitrogen functional groups attached to an aromatic ring is 1. The topological polar surface area (TPSA) is 114 Å². The Labute approximate surface area is 234 Å². The zero-order valence-corrected chi connectivity index (χ0v) is 22.7. The smallest absolute Gasteiger partial charge is 0.222 e. The summed E-state index contributed by atoms with van der Waals surface area (Å²) in [6, 6.07) is 17.5. The number of nitrogens with two attached hydrogens (primary N) is 1. The lowest BCUT2D eigenvalue weighted by molar-refractivity contribution is -0.133. The molecule has 2 aromatic heterocycles. The predicted octanol–water partition coefficient (Wildman–Crippen LogP) is 3.72. The van der Waals surface area contributed by atoms with Crippen LogP contribution < -0.4 is 15.8 Å². The number of hydrogen-bond acceptors (Lipinski definition) is 8. The van der Waals surface area contributed by atoms with Crippen LogP contribution in [0.25, 0.3) is 22.3 Å². The van der Waals surface area contributed by atoms with Gasteiger partial charge in [-0.3, -0.25) is 4.79 Å². The number of hydrogen-bond donors (Lipinski definition) is 2. The molecule has 10 nitrogen and oxygen atoms in total. The van der Waals surface area contributed by atoms with E-state index in [0.29, 0.717) is 24.4 Å². The molecule has 3 N–H and O–H groups in total. The molecule has 0 radical (unpaired) electrons. The number of carbonyl (C=O) groups is 1. The van der Waals surface area contributed by atoms with Crippen molar-refractivity contribution in [3.8, 4) is 22.8 Å². The number of piperidine rings is 1. The van der Waals surface area contributed by atoms with E-state index in [4.69, 9.17) is 15.6 Å². The van der Waals surface area contributed by atoms with Crippen molar-refractivity contribution in [2.24, 2.45) is 0 Å². The van der Waals surface area contributed by atoms with E-state index in [1.807, 2.05) is 64.2 Å². The summed E-state index contributed by atoms with van der Waals surface area (Å²) in [5, 5.41) is 9.13. The number of nitrogens with one attached hydrogen (secondary N) is 1. The van der Waals surface area contributed by atoms with Crippen LogP contribution in [0.2, 0.25) is 0 Å². The van der Waals surface area contributed by atoms with Gasteiger partial charge >= 0.3 is 0 Å². The Morgan fingerprint density at radius 1 is 1.00 bits per heavy atom. The van der Waals surface area contributed by atoms with Gasteiger partial charge in [0.1, 0.15) is 29.3 Å². The normalized spacial score (nSPS) is 18.2. The average Bonchev–Trinajstić information content (AvgIpc) is 3.40. The molecule has 0 bridgehead atoms. The van der Waals surface area contributed by atoms with Crippen LogP contribution in [0.15, 0.2) is 60.9 Å². The molecule has 1 amide bonds. The number of carbonyl (C=O) groups excluding carboxylic acids is 1. The highest BCUT2D eigenvalue weighted by molar-refractivity contribution is 5.98. The van der Waals surface area contributed by atoms with E-state index < -0.39 is 0 Å². The molecule has 40 heavy (non-hydrogen) atoms. The number of rotatable bonds is 8. The van der Waals surface area contributed by atoms with Crippen LogP contribution in [0.1, 0.15) is 31.7 Å². The van der Waals surface area contributed by atoms with Gasteiger partial charge in [-0.25, -0.2) is 14.6 Å². The van der Waals surface area contributed by atoms with E-state index in [0.717, 1.165) is 86.7 Å². The highest BCUT2D eigenvalue weighted by Gasteiger charge is 2.28. The number of piperazine rings is 1. The van der Waals surface area contributed by atoms with E-state index >= 15 is 0 Å². The summed E-state index contributed by atoms with van der Waals surface area (Å²) < 4.78 is 7.92. The van der Waals surface area contributed by atoms with Crippen molar-refractivity contribution in [3.63, 3.8) is 0 Å². The zero-order chi connectivity index (χ0) is 27.3. The van der Waals surface area contributed by atoms with E-state index in [9.17, 15) is 4.79 Å². The van der Waals surface area contributed by atoms with Crippen LogP contribution in [0.5, 0.6) is 11.5 Å². The van der Waals surface area contributed by atoms with E-state index in [1.165, 1.54) is 6.33 Å². The van der Waals surface area contributed by atoms with Crippen molar-refractivity contribution in [2.45, 2.75) is 31.7 Å². The molecular formula is C30H36N8O2. The standard InChI is InChI=1S/C30H36N8O2/c31-29-27-28(22-10-12-25(13-11-22)40-24-7-2-1-3-8-24)35-38(30(27)34-21-33-29)23-6-4-17-37(20-23)26(39)9-5-16-36-18-14-32-15-19-36/h1-3,7-8,10-13,21,23,32H,4-6,9,14-20H2,(H2,31,33,34)/t23-/m1/s1. The summed E-state index contributed by atoms with van der Waals surface area (Å²) in [6.07, 6.45) is 4.81. The second kappa shape index (κ2) is 12.0.